The molecular formula is H6KO12P3Zn. The summed E-state index contributed by atoms with van der Waals surface area (Å²) < 4.78 is 26.3. The van der Waals surface area contributed by atoms with Gasteiger partial charge in [-0.3, -0.25) is 13.7 Å². The molecule has 17 heavy (non-hydrogen) atoms. The van der Waals surface area contributed by atoms with Gasteiger partial charge in [0.25, 0.3) is 23.5 Å². The molecule has 12 nitrogen and oxygen atoms in total. The van der Waals surface area contributed by atoms with Gasteiger partial charge in [0.15, 0.2) is 0 Å². The monoisotopic (exact) mass is 394 g/mol. The summed E-state index contributed by atoms with van der Waals surface area (Å²) in [6.45, 7) is 0. The quantitative estimate of drug-likeness (QED) is 0.165. The van der Waals surface area contributed by atoms with Gasteiger partial charge in [0.1, 0.15) is 0 Å². The molecule has 0 saturated heterocycles. The fourth-order valence-corrected chi connectivity index (χ4v) is 0. The fraction of sp³-hybridized carbons (Fsp3) is 0. The molecule has 0 aliphatic rings. The van der Waals surface area contributed by atoms with Gasteiger partial charge < -0.3 is 44.0 Å². The van der Waals surface area contributed by atoms with E-state index in [0.29, 0.717) is 0 Å². The second-order valence-electron chi connectivity index (χ2n) is 1.47. The molecule has 0 aromatic carbocycles. The molecule has 17 heteroatoms. The van der Waals surface area contributed by atoms with Crippen LogP contribution in [0.5, 0.6) is 0 Å². The third-order valence-electron chi connectivity index (χ3n) is 0. The van der Waals surface area contributed by atoms with Crippen LogP contribution in [0, 0.1) is 0 Å². The molecule has 96 valence electrons. The minimum atomic E-state index is -4.89. The Kier molecular flexibility index (Phi) is 25.4. The van der Waals surface area contributed by atoms with Crippen LogP contribution in [-0.4, -0.2) is 29.4 Å². The van der Waals surface area contributed by atoms with Crippen LogP contribution in [-0.2, 0) is 33.2 Å². The van der Waals surface area contributed by atoms with Crippen LogP contribution in [0.25, 0.3) is 0 Å². The van der Waals surface area contributed by atoms with Gasteiger partial charge in [-0.05, 0) is 0 Å². The molecule has 0 unspecified atom stereocenters. The van der Waals surface area contributed by atoms with Crippen molar-refractivity contribution in [3.63, 3.8) is 0 Å². The van der Waals surface area contributed by atoms with E-state index in [1.54, 1.807) is 0 Å². The van der Waals surface area contributed by atoms with Crippen LogP contribution in [0.1, 0.15) is 0 Å². The van der Waals surface area contributed by atoms with E-state index in [1.807, 2.05) is 0 Å². The van der Waals surface area contributed by atoms with Crippen molar-refractivity contribution in [3.8, 4) is 0 Å². The Morgan fingerprint density at radius 2 is 0.588 bits per heavy atom. The summed E-state index contributed by atoms with van der Waals surface area (Å²) >= 11 is 0. The predicted molar refractivity (Wildman–Crippen MR) is 36.1 cm³/mol. The third kappa shape index (κ3) is 763. The molecule has 0 aliphatic carbocycles. The Hall–Kier alpha value is 2.59. The van der Waals surface area contributed by atoms with Gasteiger partial charge in [-0.25, -0.2) is 0 Å². The average molecular weight is 395 g/mol. The van der Waals surface area contributed by atoms with Gasteiger partial charge in [0.2, 0.25) is 0 Å². The summed E-state index contributed by atoms with van der Waals surface area (Å²) in [7, 11) is -14.7. The molecule has 0 rings (SSSR count). The van der Waals surface area contributed by atoms with Gasteiger partial charge >= 0.3 is 70.9 Å². The van der Waals surface area contributed by atoms with E-state index in [2.05, 4.69) is 0 Å². The zero-order valence-corrected chi connectivity index (χ0v) is 17.0. The average Bonchev–Trinajstić information content (AvgIpc) is 1.41. The van der Waals surface area contributed by atoms with Crippen LogP contribution in [0.3, 0.4) is 0 Å². The SMILES string of the molecule is O=P([O-])(O)O.O=P([O-])(O)O.O=P([O-])(O)O.[K+].[Zn+2]. The molecule has 6 N–H and O–H groups in total. The molecule has 0 atom stereocenters. The second-order valence-corrected chi connectivity index (χ2v) is 4.42. The zero-order chi connectivity index (χ0) is 13.5. The Bertz CT molecular complexity index is 208. The van der Waals surface area contributed by atoms with Crippen molar-refractivity contribution in [2.45, 2.75) is 0 Å². The summed E-state index contributed by atoms with van der Waals surface area (Å²) in [6.07, 6.45) is 0. The third-order valence-corrected chi connectivity index (χ3v) is 0. The normalized spacial score (nSPS) is 10.4. The smallest absolute Gasteiger partial charge is 0.756 e. The molecular weight excluding hydrogens is 389 g/mol. The van der Waals surface area contributed by atoms with Crippen LogP contribution in [0.15, 0.2) is 0 Å². The molecule has 0 radical (unpaired) electrons. The van der Waals surface area contributed by atoms with E-state index < -0.39 is 23.5 Å². The van der Waals surface area contributed by atoms with Crippen LogP contribution >= 0.6 is 23.5 Å². The summed E-state index contributed by atoms with van der Waals surface area (Å²) in [5, 5.41) is 0. The van der Waals surface area contributed by atoms with Crippen molar-refractivity contribution in [1.82, 2.24) is 0 Å². The maximum absolute atomic E-state index is 8.77. The minimum Gasteiger partial charge on any atom is -0.756 e. The van der Waals surface area contributed by atoms with E-state index in [9.17, 15) is 0 Å². The van der Waals surface area contributed by atoms with Crippen LogP contribution < -0.4 is 66.1 Å². The van der Waals surface area contributed by atoms with Gasteiger partial charge in [-0.2, -0.15) is 0 Å². The number of hydrogen-bond donors (Lipinski definition) is 6. The first kappa shape index (κ1) is 31.8. The number of rotatable bonds is 0. The molecule has 0 bridgehead atoms. The van der Waals surface area contributed by atoms with E-state index in [1.165, 1.54) is 0 Å². The van der Waals surface area contributed by atoms with Gasteiger partial charge in [-0.1, -0.05) is 0 Å². The van der Waals surface area contributed by atoms with Gasteiger partial charge in [-0.15, -0.1) is 0 Å². The second kappa shape index (κ2) is 13.6. The maximum atomic E-state index is 8.77. The molecule has 0 amide bonds. The van der Waals surface area contributed by atoms with E-state index >= 15 is 0 Å². The van der Waals surface area contributed by atoms with E-state index in [0.717, 1.165) is 0 Å². The zero-order valence-electron chi connectivity index (χ0n) is 8.18. The fourth-order valence-electron chi connectivity index (χ4n) is 0. The van der Waals surface area contributed by atoms with Gasteiger partial charge in [0, 0.05) is 0 Å². The molecule has 0 saturated carbocycles. The van der Waals surface area contributed by atoms with Crippen LogP contribution in [0.4, 0.5) is 0 Å². The van der Waals surface area contributed by atoms with Crippen molar-refractivity contribution in [2.75, 3.05) is 0 Å². The largest absolute Gasteiger partial charge is 2.00 e. The first-order valence-electron chi connectivity index (χ1n) is 2.30. The first-order valence-corrected chi connectivity index (χ1v) is 6.89. The number of hydrogen-bond acceptors (Lipinski definition) is 6. The summed E-state index contributed by atoms with van der Waals surface area (Å²) in [4.78, 5) is 68.8. The molecule has 0 heterocycles. The standard InChI is InChI=1S/K.3H3O4P.Zn/c;3*1-5(2,3)4;/h;3*(H3,1,2,3,4);/q+1;;;;+2/p-3. The van der Waals surface area contributed by atoms with Crippen molar-refractivity contribution < 1.29 is 129 Å². The molecule has 0 aromatic rings. The summed E-state index contributed by atoms with van der Waals surface area (Å²) in [6, 6.07) is 0. The van der Waals surface area contributed by atoms with Crippen molar-refractivity contribution >= 4 is 23.5 Å². The summed E-state index contributed by atoms with van der Waals surface area (Å²) in [5.74, 6) is 0. The topological polar surface area (TPSA) is 242 Å². The molecule has 0 aliphatic heterocycles. The molecule has 0 aromatic heterocycles. The van der Waals surface area contributed by atoms with Crippen LogP contribution in [0.2, 0.25) is 0 Å². The molecule has 0 fully saturated rings. The number of phosphoric acid groups is 3. The molecule has 0 spiro atoms. The Labute approximate surface area is 150 Å². The predicted octanol–water partition coefficient (Wildman–Crippen LogP) is -7.68. The Morgan fingerprint density at radius 3 is 0.588 bits per heavy atom. The van der Waals surface area contributed by atoms with Gasteiger partial charge in [0.05, 0.1) is 0 Å². The van der Waals surface area contributed by atoms with Crippen molar-refractivity contribution in [2.24, 2.45) is 0 Å². The summed E-state index contributed by atoms with van der Waals surface area (Å²) in [5.41, 5.74) is 0. The minimum absolute atomic E-state index is 0. The maximum Gasteiger partial charge on any atom is 2.00 e. The Morgan fingerprint density at radius 1 is 0.588 bits per heavy atom. The van der Waals surface area contributed by atoms with E-state index in [-0.39, 0.29) is 70.9 Å². The van der Waals surface area contributed by atoms with E-state index in [4.69, 9.17) is 57.7 Å². The Balaban J connectivity index is -0.0000000400. The first-order chi connectivity index (χ1) is 6.00. The van der Waals surface area contributed by atoms with Crippen molar-refractivity contribution in [1.29, 1.82) is 0 Å². The van der Waals surface area contributed by atoms with Crippen molar-refractivity contribution in [3.05, 3.63) is 0 Å².